The van der Waals surface area contributed by atoms with Gasteiger partial charge in [0, 0.05) is 56.4 Å². The molecule has 5 nitrogen and oxygen atoms in total. The van der Waals surface area contributed by atoms with E-state index in [1.807, 2.05) is 12.1 Å². The molecule has 0 atom stereocenters. The summed E-state index contributed by atoms with van der Waals surface area (Å²) in [6.45, 7) is 10.9. The number of nitrogens with zero attached hydrogens (tertiary/aromatic N) is 4. The summed E-state index contributed by atoms with van der Waals surface area (Å²) in [7, 11) is -1.85. The number of fused-ring (bicyclic) bond motifs is 7. The molecule has 0 spiro atoms. The number of aromatic nitrogens is 4. The van der Waals surface area contributed by atoms with E-state index < -0.39 is 21.8 Å². The van der Waals surface area contributed by atoms with Crippen molar-refractivity contribution in [1.29, 1.82) is 0 Å². The van der Waals surface area contributed by atoms with Crippen molar-refractivity contribution in [3.8, 4) is 28.3 Å². The van der Waals surface area contributed by atoms with Crippen LogP contribution in [-0.4, -0.2) is 27.6 Å². The van der Waals surface area contributed by atoms with E-state index in [-0.39, 0.29) is 25.7 Å². The minimum absolute atomic E-state index is 0. The molecular weight excluding hydrogens is 941 g/mol. The number of benzene rings is 6. The first-order chi connectivity index (χ1) is 31.3. The first kappa shape index (κ1) is 34.9. The molecule has 4 aromatic heterocycles. The monoisotopic (exact) mass is 997 g/mol. The molecule has 0 saturated carbocycles. The van der Waals surface area contributed by atoms with E-state index in [9.17, 15) is 0 Å². The van der Waals surface area contributed by atoms with Crippen LogP contribution in [0.4, 0.5) is 0 Å². The molecule has 61 heavy (non-hydrogen) atoms. The maximum Gasteiger partial charge on any atom is 0.216 e. The molecule has 0 aliphatic carbocycles. The van der Waals surface area contributed by atoms with Gasteiger partial charge in [-0.2, -0.15) is 0 Å². The number of pyridine rings is 2. The Hall–Kier alpha value is -5.72. The smallest absolute Gasteiger partial charge is 0.216 e. The summed E-state index contributed by atoms with van der Waals surface area (Å²) in [4.78, 5) is 14.7. The minimum Gasteiger partial charge on any atom is -0.486 e. The Morgan fingerprint density at radius 3 is 2.20 bits per heavy atom. The van der Waals surface area contributed by atoms with Gasteiger partial charge in [0.1, 0.15) is 0 Å². The van der Waals surface area contributed by atoms with Crippen molar-refractivity contribution in [2.45, 2.75) is 72.9 Å². The molecule has 4 heterocycles. The Morgan fingerprint density at radius 1 is 0.721 bits per heavy atom. The van der Waals surface area contributed by atoms with Crippen molar-refractivity contribution in [2.24, 2.45) is 0 Å². The Kier molecular flexibility index (Phi) is 9.52. The Labute approximate surface area is 381 Å². The fraction of sp³-hybridized carbons (Fsp3) is 0.204. The Morgan fingerprint density at radius 2 is 1.48 bits per heavy atom. The molecule has 0 N–H and O–H groups in total. The maximum atomic E-state index is 7.81. The third-order valence-corrected chi connectivity index (χ3v) is 13.3. The molecule has 10 rings (SSSR count). The zero-order chi connectivity index (χ0) is 46.9. The number of furan rings is 1. The van der Waals surface area contributed by atoms with Crippen LogP contribution < -0.4 is 5.19 Å². The van der Waals surface area contributed by atoms with Crippen molar-refractivity contribution in [3.05, 3.63) is 162 Å². The van der Waals surface area contributed by atoms with E-state index in [4.69, 9.17) is 22.6 Å². The normalized spacial score (nSPS) is 13.7. The summed E-state index contributed by atoms with van der Waals surface area (Å²) >= 11 is 0. The fourth-order valence-corrected chi connectivity index (χ4v) is 9.53. The second-order valence-electron chi connectivity index (χ2n) is 17.1. The second kappa shape index (κ2) is 16.6. The third-order valence-electron chi connectivity index (χ3n) is 11.3. The van der Waals surface area contributed by atoms with Crippen LogP contribution in [0.2, 0.25) is 19.6 Å². The minimum atomic E-state index is -2.22. The van der Waals surface area contributed by atoms with Crippen LogP contribution in [0.25, 0.3) is 83.1 Å². The van der Waals surface area contributed by atoms with E-state index in [0.29, 0.717) is 34.4 Å². The Bertz CT molecular complexity index is 3430. The first-order valence-corrected chi connectivity index (χ1v) is 24.0. The van der Waals surface area contributed by atoms with Crippen LogP contribution in [0.1, 0.15) is 70.0 Å². The molecule has 0 fully saturated rings. The molecule has 7 heteroatoms. The van der Waals surface area contributed by atoms with Crippen LogP contribution >= 0.6 is 0 Å². The number of aryl methyl sites for hydroxylation is 2. The zero-order valence-electron chi connectivity index (χ0n) is 41.3. The number of imidazole rings is 1. The van der Waals surface area contributed by atoms with Crippen LogP contribution in [-0.2, 0) is 20.1 Å². The van der Waals surface area contributed by atoms with Crippen LogP contribution in [0.3, 0.4) is 0 Å². The molecule has 0 amide bonds. The summed E-state index contributed by atoms with van der Waals surface area (Å²) in [5, 5.41) is 6.21. The van der Waals surface area contributed by atoms with Gasteiger partial charge in [-0.1, -0.05) is 143 Å². The van der Waals surface area contributed by atoms with Crippen molar-refractivity contribution in [1.82, 2.24) is 19.5 Å². The average molecular weight is 997 g/mol. The molecule has 0 bridgehead atoms. The predicted octanol–water partition coefficient (Wildman–Crippen LogP) is 14.0. The molecular formula is C54H50IrN4OSi-2. The van der Waals surface area contributed by atoms with Crippen molar-refractivity contribution >= 4 is 68.0 Å². The molecule has 0 aliphatic heterocycles. The number of para-hydroxylation sites is 3. The average Bonchev–Trinajstić information content (AvgIpc) is 3.85. The van der Waals surface area contributed by atoms with Gasteiger partial charge >= 0.3 is 0 Å². The van der Waals surface area contributed by atoms with Crippen LogP contribution in [0.15, 0.2) is 132 Å². The first-order valence-electron chi connectivity index (χ1n) is 23.5. The summed E-state index contributed by atoms with van der Waals surface area (Å²) < 4.78 is 54.6. The maximum absolute atomic E-state index is 7.81. The predicted molar refractivity (Wildman–Crippen MR) is 255 cm³/mol. The van der Waals surface area contributed by atoms with Gasteiger partial charge in [0.15, 0.2) is 0 Å². The number of hydrogen-bond donors (Lipinski definition) is 0. The van der Waals surface area contributed by atoms with E-state index in [2.05, 4.69) is 154 Å². The van der Waals surface area contributed by atoms with E-state index in [1.165, 1.54) is 34.3 Å². The van der Waals surface area contributed by atoms with E-state index >= 15 is 0 Å². The van der Waals surface area contributed by atoms with Gasteiger partial charge in [-0.15, -0.1) is 53.6 Å². The second-order valence-corrected chi connectivity index (χ2v) is 22.1. The standard InChI is InChI=1S/C38H30N3O.C16H20NSi.Ir/c1-22(2)26-13-9-14-27(23(3)4)35(26)41-33-18-8-7-17-32(33)39-37(41)30-16-10-15-29-31-21-25-20-19-24-11-5-6-12-28(24)34(25)40-38(31)42-36(29)30;1-12-6-8-14(9-7-12)15-10-13(2)16(11-17-15)18(3,4)5;/h5-15,17-23H,1-4H3;6-8,10-11H,1-5H3;/q2*-1;/i;1D3,2D3;. The molecule has 0 unspecified atom stereocenters. The van der Waals surface area contributed by atoms with Gasteiger partial charge in [0.05, 0.1) is 36.0 Å². The summed E-state index contributed by atoms with van der Waals surface area (Å²) in [6, 6.07) is 46.5. The van der Waals surface area contributed by atoms with Gasteiger partial charge in [-0.05, 0) is 64.3 Å². The van der Waals surface area contributed by atoms with Crippen molar-refractivity contribution in [2.75, 3.05) is 0 Å². The largest absolute Gasteiger partial charge is 0.486 e. The third kappa shape index (κ3) is 7.76. The van der Waals surface area contributed by atoms with Gasteiger partial charge in [-0.25, -0.2) is 4.98 Å². The summed E-state index contributed by atoms with van der Waals surface area (Å²) in [6.07, 6.45) is 1.65. The fourth-order valence-electron chi connectivity index (χ4n) is 8.20. The van der Waals surface area contributed by atoms with Gasteiger partial charge < -0.3 is 14.0 Å². The number of hydrogen-bond acceptors (Lipinski definition) is 4. The Balaban J connectivity index is 0.000000209. The molecule has 0 aliphatic rings. The SMILES string of the molecule is CC(C)c1cccc(C(C)C)c1-n1c(-c2[c-]ccc3c2oc2nc4c(ccc5ccccc54)cc23)nc2ccccc21.[2H]C([2H])([2H])c1c[c-]c(-c2cc(C([2H])([2H])[2H])c([Si](C)(C)C)cn2)cc1.[Ir]. The molecule has 307 valence electrons. The van der Waals surface area contributed by atoms with Crippen LogP contribution in [0, 0.1) is 25.8 Å². The molecule has 6 aromatic carbocycles. The van der Waals surface area contributed by atoms with Crippen molar-refractivity contribution in [3.63, 3.8) is 0 Å². The molecule has 10 aromatic rings. The molecule has 1 radical (unpaired) electrons. The van der Waals surface area contributed by atoms with Crippen molar-refractivity contribution < 1.29 is 32.7 Å². The van der Waals surface area contributed by atoms with Gasteiger partial charge in [0.2, 0.25) is 5.71 Å². The zero-order valence-corrected chi connectivity index (χ0v) is 38.7. The quantitative estimate of drug-likeness (QED) is 0.0946. The van der Waals surface area contributed by atoms with E-state index in [1.54, 1.807) is 18.3 Å². The summed E-state index contributed by atoms with van der Waals surface area (Å²) in [5.74, 6) is 1.50. The van der Waals surface area contributed by atoms with E-state index in [0.717, 1.165) is 60.3 Å². The topological polar surface area (TPSA) is 56.7 Å². The molecule has 0 saturated heterocycles. The summed E-state index contributed by atoms with van der Waals surface area (Å²) in [5.41, 5.74) is 10.5. The van der Waals surface area contributed by atoms with Gasteiger partial charge in [0.25, 0.3) is 0 Å². The van der Waals surface area contributed by atoms with Gasteiger partial charge in [-0.3, -0.25) is 4.98 Å². The van der Waals surface area contributed by atoms with Crippen LogP contribution in [0.5, 0.6) is 0 Å². The number of rotatable bonds is 6.